The molecular formula is C10H13BrN2O2. The van der Waals surface area contributed by atoms with Crippen molar-refractivity contribution in [2.24, 2.45) is 7.05 Å². The number of allylic oxidation sites excluding steroid dienone is 1. The van der Waals surface area contributed by atoms with Gasteiger partial charge in [0.25, 0.3) is 0 Å². The van der Waals surface area contributed by atoms with Crippen molar-refractivity contribution in [2.45, 2.75) is 6.92 Å². The van der Waals surface area contributed by atoms with Crippen molar-refractivity contribution in [2.75, 3.05) is 11.9 Å². The Balaban J connectivity index is 3.06. The van der Waals surface area contributed by atoms with Crippen molar-refractivity contribution in [3.05, 3.63) is 24.0 Å². The van der Waals surface area contributed by atoms with E-state index in [4.69, 9.17) is 4.74 Å². The first-order valence-electron chi connectivity index (χ1n) is 4.55. The standard InChI is InChI=1S/C10H13BrN2O2/c1-4-15-10(14)9-8(7(2)5-11)6-13(3)12-9/h6H,2,4-5H2,1,3H3. The zero-order valence-corrected chi connectivity index (χ0v) is 10.4. The highest BCUT2D eigenvalue weighted by atomic mass is 79.9. The van der Waals surface area contributed by atoms with E-state index < -0.39 is 5.97 Å². The third-order valence-corrected chi connectivity index (χ3v) is 2.52. The zero-order chi connectivity index (χ0) is 11.4. The molecule has 0 amide bonds. The third-order valence-electron chi connectivity index (χ3n) is 1.84. The SMILES string of the molecule is C=C(CBr)c1cn(C)nc1C(=O)OCC. The number of hydrogen-bond acceptors (Lipinski definition) is 3. The first kappa shape index (κ1) is 12.0. The van der Waals surface area contributed by atoms with E-state index in [1.54, 1.807) is 24.9 Å². The molecule has 0 fully saturated rings. The van der Waals surface area contributed by atoms with Crippen LogP contribution in [0, 0.1) is 0 Å². The maximum Gasteiger partial charge on any atom is 0.359 e. The summed E-state index contributed by atoms with van der Waals surface area (Å²) in [6.45, 7) is 5.96. The number of aromatic nitrogens is 2. The lowest BCUT2D eigenvalue weighted by Gasteiger charge is -2.01. The Bertz CT molecular complexity index is 385. The minimum atomic E-state index is -0.407. The monoisotopic (exact) mass is 272 g/mol. The van der Waals surface area contributed by atoms with Crippen LogP contribution in [0.2, 0.25) is 0 Å². The predicted octanol–water partition coefficient (Wildman–Crippen LogP) is 2.00. The van der Waals surface area contributed by atoms with Gasteiger partial charge < -0.3 is 4.74 Å². The zero-order valence-electron chi connectivity index (χ0n) is 8.79. The fraction of sp³-hybridized carbons (Fsp3) is 0.400. The molecule has 0 radical (unpaired) electrons. The van der Waals surface area contributed by atoms with Crippen molar-refractivity contribution in [1.29, 1.82) is 0 Å². The van der Waals surface area contributed by atoms with E-state index in [0.717, 1.165) is 11.1 Å². The predicted molar refractivity (Wildman–Crippen MR) is 62.0 cm³/mol. The van der Waals surface area contributed by atoms with E-state index in [-0.39, 0.29) is 0 Å². The molecule has 0 saturated carbocycles. The molecule has 1 heterocycles. The molecule has 0 aliphatic rings. The normalized spacial score (nSPS) is 10.1. The quantitative estimate of drug-likeness (QED) is 0.622. The molecule has 0 spiro atoms. The molecule has 0 aliphatic carbocycles. The van der Waals surface area contributed by atoms with Crippen LogP contribution in [-0.2, 0) is 11.8 Å². The average molecular weight is 273 g/mol. The summed E-state index contributed by atoms with van der Waals surface area (Å²) in [5.74, 6) is -0.407. The van der Waals surface area contributed by atoms with Gasteiger partial charge in [-0.15, -0.1) is 0 Å². The topological polar surface area (TPSA) is 44.1 Å². The first-order valence-corrected chi connectivity index (χ1v) is 5.67. The summed E-state index contributed by atoms with van der Waals surface area (Å²) >= 11 is 3.29. The molecule has 1 aromatic heterocycles. The Labute approximate surface area is 97.0 Å². The molecule has 4 nitrogen and oxygen atoms in total. The minimum Gasteiger partial charge on any atom is -0.461 e. The van der Waals surface area contributed by atoms with Crippen LogP contribution in [-0.4, -0.2) is 27.7 Å². The van der Waals surface area contributed by atoms with E-state index >= 15 is 0 Å². The van der Waals surface area contributed by atoms with Gasteiger partial charge in [0.05, 0.1) is 6.61 Å². The van der Waals surface area contributed by atoms with Gasteiger partial charge in [-0.05, 0) is 12.5 Å². The number of esters is 1. The number of carbonyl (C=O) groups is 1. The maximum atomic E-state index is 11.5. The summed E-state index contributed by atoms with van der Waals surface area (Å²) in [6, 6.07) is 0. The number of nitrogens with zero attached hydrogens (tertiary/aromatic N) is 2. The molecule has 1 aromatic rings. The van der Waals surface area contributed by atoms with Crippen molar-refractivity contribution in [3.63, 3.8) is 0 Å². The Morgan fingerprint density at radius 3 is 2.93 bits per heavy atom. The first-order chi connectivity index (χ1) is 7.10. The molecule has 82 valence electrons. The highest BCUT2D eigenvalue weighted by Crippen LogP contribution is 2.19. The number of halogens is 1. The van der Waals surface area contributed by atoms with Gasteiger partial charge >= 0.3 is 5.97 Å². The summed E-state index contributed by atoms with van der Waals surface area (Å²) in [5, 5.41) is 4.66. The maximum absolute atomic E-state index is 11.5. The lowest BCUT2D eigenvalue weighted by atomic mass is 10.1. The molecule has 0 saturated heterocycles. The van der Waals surface area contributed by atoms with Crippen molar-refractivity contribution in [3.8, 4) is 0 Å². The number of alkyl halides is 1. The van der Waals surface area contributed by atoms with Gasteiger partial charge in [0.1, 0.15) is 0 Å². The Hall–Kier alpha value is -1.10. The molecule has 0 aromatic carbocycles. The van der Waals surface area contributed by atoms with E-state index in [9.17, 15) is 4.79 Å². The van der Waals surface area contributed by atoms with Crippen LogP contribution in [0.4, 0.5) is 0 Å². The fourth-order valence-corrected chi connectivity index (χ4v) is 1.47. The largest absolute Gasteiger partial charge is 0.461 e. The summed E-state index contributed by atoms with van der Waals surface area (Å²) in [6.07, 6.45) is 1.76. The van der Waals surface area contributed by atoms with E-state index in [0.29, 0.717) is 17.6 Å². The molecule has 5 heteroatoms. The minimum absolute atomic E-state index is 0.323. The van der Waals surface area contributed by atoms with Gasteiger partial charge in [0.2, 0.25) is 0 Å². The average Bonchev–Trinajstić information content (AvgIpc) is 2.59. The highest BCUT2D eigenvalue weighted by Gasteiger charge is 2.18. The molecule has 15 heavy (non-hydrogen) atoms. The number of hydrogen-bond donors (Lipinski definition) is 0. The molecule has 0 bridgehead atoms. The van der Waals surface area contributed by atoms with Crippen molar-refractivity contribution in [1.82, 2.24) is 9.78 Å². The van der Waals surface area contributed by atoms with Crippen LogP contribution in [0.15, 0.2) is 12.8 Å². The van der Waals surface area contributed by atoms with Crippen LogP contribution in [0.25, 0.3) is 5.57 Å². The van der Waals surface area contributed by atoms with E-state index in [1.807, 2.05) is 0 Å². The molecule has 0 atom stereocenters. The molecule has 0 aliphatic heterocycles. The van der Waals surface area contributed by atoms with E-state index in [2.05, 4.69) is 27.6 Å². The Morgan fingerprint density at radius 2 is 2.40 bits per heavy atom. The van der Waals surface area contributed by atoms with Crippen LogP contribution < -0.4 is 0 Å². The Kier molecular flexibility index (Phi) is 4.08. The second kappa shape index (κ2) is 5.11. The number of ether oxygens (including phenoxy) is 1. The van der Waals surface area contributed by atoms with Gasteiger partial charge in [-0.3, -0.25) is 4.68 Å². The summed E-state index contributed by atoms with van der Waals surface area (Å²) in [7, 11) is 1.76. The summed E-state index contributed by atoms with van der Waals surface area (Å²) < 4.78 is 6.48. The highest BCUT2D eigenvalue weighted by molar-refractivity contribution is 9.09. The second-order valence-electron chi connectivity index (χ2n) is 3.02. The van der Waals surface area contributed by atoms with Crippen LogP contribution in [0.5, 0.6) is 0 Å². The van der Waals surface area contributed by atoms with Crippen LogP contribution in [0.1, 0.15) is 23.0 Å². The lowest BCUT2D eigenvalue weighted by Crippen LogP contribution is -2.08. The molecule has 0 N–H and O–H groups in total. The van der Waals surface area contributed by atoms with Crippen LogP contribution in [0.3, 0.4) is 0 Å². The van der Waals surface area contributed by atoms with Gasteiger partial charge in [-0.1, -0.05) is 22.5 Å². The molecule has 0 unspecified atom stereocenters. The summed E-state index contributed by atoms with van der Waals surface area (Å²) in [4.78, 5) is 11.5. The Morgan fingerprint density at radius 1 is 1.73 bits per heavy atom. The van der Waals surface area contributed by atoms with Crippen LogP contribution >= 0.6 is 15.9 Å². The summed E-state index contributed by atoms with van der Waals surface area (Å²) in [5.41, 5.74) is 1.86. The van der Waals surface area contributed by atoms with Gasteiger partial charge in [0.15, 0.2) is 5.69 Å². The smallest absolute Gasteiger partial charge is 0.359 e. The van der Waals surface area contributed by atoms with E-state index in [1.165, 1.54) is 0 Å². The van der Waals surface area contributed by atoms with Gasteiger partial charge in [-0.2, -0.15) is 5.10 Å². The third kappa shape index (κ3) is 2.68. The molecular weight excluding hydrogens is 260 g/mol. The van der Waals surface area contributed by atoms with Crippen molar-refractivity contribution >= 4 is 27.5 Å². The second-order valence-corrected chi connectivity index (χ2v) is 3.58. The number of carbonyl (C=O) groups excluding carboxylic acids is 1. The van der Waals surface area contributed by atoms with Gasteiger partial charge in [-0.25, -0.2) is 4.79 Å². The fourth-order valence-electron chi connectivity index (χ4n) is 1.17. The number of aryl methyl sites for hydroxylation is 1. The number of rotatable bonds is 4. The molecule has 1 rings (SSSR count). The lowest BCUT2D eigenvalue weighted by molar-refractivity contribution is 0.0518. The van der Waals surface area contributed by atoms with Crippen molar-refractivity contribution < 1.29 is 9.53 Å². The van der Waals surface area contributed by atoms with Gasteiger partial charge in [0, 0.05) is 24.1 Å².